The number of likely N-dealkylation sites (tertiary alicyclic amines) is 1. The molecule has 1 saturated heterocycles. The van der Waals surface area contributed by atoms with Gasteiger partial charge in [-0.1, -0.05) is 37.3 Å². The van der Waals surface area contributed by atoms with Gasteiger partial charge >= 0.3 is 0 Å². The number of rotatable bonds is 9. The molecule has 1 aromatic carbocycles. The van der Waals surface area contributed by atoms with E-state index in [0.29, 0.717) is 0 Å². The van der Waals surface area contributed by atoms with Crippen molar-refractivity contribution in [2.75, 3.05) is 32.7 Å². The quantitative estimate of drug-likeness (QED) is 0.697. The summed E-state index contributed by atoms with van der Waals surface area (Å²) in [5.74, 6) is 0.898. The van der Waals surface area contributed by atoms with E-state index in [1.54, 1.807) is 0 Å². The SMILES string of the molecule is CCCNCCCCN1CCC(Cc2ccccc2)CC1. The predicted octanol–water partition coefficient (Wildman–Crippen LogP) is 3.72. The monoisotopic (exact) mass is 288 g/mol. The van der Waals surface area contributed by atoms with Crippen LogP contribution < -0.4 is 5.32 Å². The maximum absolute atomic E-state index is 3.49. The summed E-state index contributed by atoms with van der Waals surface area (Å²) in [6.07, 6.45) is 7.94. The van der Waals surface area contributed by atoms with Crippen molar-refractivity contribution >= 4 is 0 Å². The van der Waals surface area contributed by atoms with Crippen LogP contribution in [0.4, 0.5) is 0 Å². The van der Waals surface area contributed by atoms with Crippen LogP contribution in [0.5, 0.6) is 0 Å². The molecule has 2 rings (SSSR count). The number of nitrogens with zero attached hydrogens (tertiary/aromatic N) is 1. The third kappa shape index (κ3) is 6.62. The first-order valence-electron chi connectivity index (χ1n) is 8.85. The third-order valence-electron chi connectivity index (χ3n) is 4.58. The van der Waals surface area contributed by atoms with E-state index in [4.69, 9.17) is 0 Å². The van der Waals surface area contributed by atoms with E-state index in [2.05, 4.69) is 47.5 Å². The van der Waals surface area contributed by atoms with Crippen molar-refractivity contribution in [3.05, 3.63) is 35.9 Å². The summed E-state index contributed by atoms with van der Waals surface area (Å²) in [5, 5.41) is 3.49. The lowest BCUT2D eigenvalue weighted by molar-refractivity contribution is 0.181. The predicted molar refractivity (Wildman–Crippen MR) is 91.7 cm³/mol. The first kappa shape index (κ1) is 16.5. The Bertz CT molecular complexity index is 355. The first-order chi connectivity index (χ1) is 10.4. The van der Waals surface area contributed by atoms with Gasteiger partial charge in [0.1, 0.15) is 0 Å². The van der Waals surface area contributed by atoms with Crippen LogP contribution in [0.2, 0.25) is 0 Å². The van der Waals surface area contributed by atoms with E-state index >= 15 is 0 Å². The highest BCUT2D eigenvalue weighted by Crippen LogP contribution is 2.21. The molecule has 1 heterocycles. The summed E-state index contributed by atoms with van der Waals surface area (Å²) in [5.41, 5.74) is 1.51. The molecule has 1 fully saturated rings. The second-order valence-corrected chi connectivity index (χ2v) is 6.43. The summed E-state index contributed by atoms with van der Waals surface area (Å²) < 4.78 is 0. The van der Waals surface area contributed by atoms with Crippen molar-refractivity contribution in [3.8, 4) is 0 Å². The molecule has 0 radical (unpaired) electrons. The summed E-state index contributed by atoms with van der Waals surface area (Å²) in [6, 6.07) is 11.0. The summed E-state index contributed by atoms with van der Waals surface area (Å²) in [4.78, 5) is 2.67. The average molecular weight is 288 g/mol. The van der Waals surface area contributed by atoms with Crippen LogP contribution in [0.25, 0.3) is 0 Å². The highest BCUT2D eigenvalue weighted by atomic mass is 15.1. The molecule has 0 aromatic heterocycles. The van der Waals surface area contributed by atoms with Crippen molar-refractivity contribution in [1.29, 1.82) is 0 Å². The number of hydrogen-bond acceptors (Lipinski definition) is 2. The molecular formula is C19H32N2. The maximum Gasteiger partial charge on any atom is -0.00160 e. The van der Waals surface area contributed by atoms with Crippen molar-refractivity contribution < 1.29 is 0 Å². The number of unbranched alkanes of at least 4 members (excludes halogenated alkanes) is 1. The number of nitrogens with one attached hydrogen (secondary N) is 1. The molecule has 1 N–H and O–H groups in total. The Labute approximate surface area is 130 Å². The zero-order chi connectivity index (χ0) is 14.8. The smallest absolute Gasteiger partial charge is 0.00160 e. The summed E-state index contributed by atoms with van der Waals surface area (Å²) in [6.45, 7) is 8.50. The first-order valence-corrected chi connectivity index (χ1v) is 8.85. The third-order valence-corrected chi connectivity index (χ3v) is 4.58. The van der Waals surface area contributed by atoms with Gasteiger partial charge in [-0.05, 0) is 82.7 Å². The molecule has 2 nitrogen and oxygen atoms in total. The summed E-state index contributed by atoms with van der Waals surface area (Å²) >= 11 is 0. The van der Waals surface area contributed by atoms with Crippen molar-refractivity contribution in [3.63, 3.8) is 0 Å². The van der Waals surface area contributed by atoms with E-state index in [1.165, 1.54) is 76.8 Å². The fourth-order valence-electron chi connectivity index (χ4n) is 3.25. The Kier molecular flexibility index (Phi) is 7.83. The number of piperidine rings is 1. The molecule has 21 heavy (non-hydrogen) atoms. The summed E-state index contributed by atoms with van der Waals surface area (Å²) in [7, 11) is 0. The maximum atomic E-state index is 3.49. The molecule has 0 bridgehead atoms. The van der Waals surface area contributed by atoms with Gasteiger partial charge in [0.25, 0.3) is 0 Å². The zero-order valence-electron chi connectivity index (χ0n) is 13.7. The molecular weight excluding hydrogens is 256 g/mol. The number of benzene rings is 1. The Morgan fingerprint density at radius 1 is 1.05 bits per heavy atom. The lowest BCUT2D eigenvalue weighted by atomic mass is 9.90. The van der Waals surface area contributed by atoms with Crippen LogP contribution >= 0.6 is 0 Å². The van der Waals surface area contributed by atoms with Gasteiger partial charge in [0.2, 0.25) is 0 Å². The lowest BCUT2D eigenvalue weighted by Crippen LogP contribution is -2.35. The van der Waals surface area contributed by atoms with Crippen molar-refractivity contribution in [2.45, 2.75) is 45.4 Å². The largest absolute Gasteiger partial charge is 0.317 e. The van der Waals surface area contributed by atoms with Crippen molar-refractivity contribution in [1.82, 2.24) is 10.2 Å². The highest BCUT2D eigenvalue weighted by molar-refractivity contribution is 5.15. The van der Waals surface area contributed by atoms with Gasteiger partial charge in [-0.25, -0.2) is 0 Å². The number of hydrogen-bond donors (Lipinski definition) is 1. The van der Waals surface area contributed by atoms with E-state index in [0.717, 1.165) is 5.92 Å². The second-order valence-electron chi connectivity index (χ2n) is 6.43. The molecule has 1 aliphatic heterocycles. The van der Waals surface area contributed by atoms with E-state index in [1.807, 2.05) is 0 Å². The van der Waals surface area contributed by atoms with E-state index in [9.17, 15) is 0 Å². The topological polar surface area (TPSA) is 15.3 Å². The molecule has 1 aliphatic rings. The minimum absolute atomic E-state index is 0.898. The van der Waals surface area contributed by atoms with Crippen LogP contribution in [-0.4, -0.2) is 37.6 Å². The average Bonchev–Trinajstić information content (AvgIpc) is 2.53. The van der Waals surface area contributed by atoms with Gasteiger partial charge < -0.3 is 10.2 Å². The van der Waals surface area contributed by atoms with E-state index < -0.39 is 0 Å². The van der Waals surface area contributed by atoms with Crippen LogP contribution in [-0.2, 0) is 6.42 Å². The van der Waals surface area contributed by atoms with Gasteiger partial charge in [-0.3, -0.25) is 0 Å². The Morgan fingerprint density at radius 2 is 1.81 bits per heavy atom. The Balaban J connectivity index is 1.54. The standard InChI is InChI=1S/C19H32N2/c1-2-12-20-13-6-7-14-21-15-10-19(11-16-21)17-18-8-4-3-5-9-18/h3-5,8-9,19-20H,2,6-7,10-17H2,1H3. The molecule has 0 spiro atoms. The lowest BCUT2D eigenvalue weighted by Gasteiger charge is -2.32. The molecule has 0 unspecified atom stereocenters. The molecule has 2 heteroatoms. The molecule has 0 saturated carbocycles. The van der Waals surface area contributed by atoms with Crippen LogP contribution in [0.3, 0.4) is 0 Å². The Morgan fingerprint density at radius 3 is 2.52 bits per heavy atom. The molecule has 118 valence electrons. The van der Waals surface area contributed by atoms with Crippen LogP contribution in [0, 0.1) is 5.92 Å². The fourth-order valence-corrected chi connectivity index (χ4v) is 3.25. The van der Waals surface area contributed by atoms with Crippen LogP contribution in [0.15, 0.2) is 30.3 Å². The van der Waals surface area contributed by atoms with Gasteiger partial charge in [-0.2, -0.15) is 0 Å². The normalized spacial score (nSPS) is 17.2. The highest BCUT2D eigenvalue weighted by Gasteiger charge is 2.18. The zero-order valence-corrected chi connectivity index (χ0v) is 13.7. The molecule has 0 amide bonds. The second kappa shape index (κ2) is 9.97. The van der Waals surface area contributed by atoms with Gasteiger partial charge in [0.05, 0.1) is 0 Å². The van der Waals surface area contributed by atoms with Crippen molar-refractivity contribution in [2.24, 2.45) is 5.92 Å². The molecule has 0 aliphatic carbocycles. The minimum atomic E-state index is 0.898. The molecule has 0 atom stereocenters. The molecule has 1 aromatic rings. The van der Waals surface area contributed by atoms with Gasteiger partial charge in [0, 0.05) is 0 Å². The minimum Gasteiger partial charge on any atom is -0.317 e. The van der Waals surface area contributed by atoms with Gasteiger partial charge in [0.15, 0.2) is 0 Å². The fraction of sp³-hybridized carbons (Fsp3) is 0.684. The van der Waals surface area contributed by atoms with Gasteiger partial charge in [-0.15, -0.1) is 0 Å². The van der Waals surface area contributed by atoms with Crippen LogP contribution in [0.1, 0.15) is 44.6 Å². The Hall–Kier alpha value is -0.860. The van der Waals surface area contributed by atoms with E-state index in [-0.39, 0.29) is 0 Å².